The molecular weight excluding hydrogens is 312 g/mol. The average Bonchev–Trinajstić information content (AvgIpc) is 3.14. The Morgan fingerprint density at radius 2 is 2.39 bits per heavy atom. The van der Waals surface area contributed by atoms with E-state index in [9.17, 15) is 4.79 Å². The van der Waals surface area contributed by atoms with E-state index in [1.807, 2.05) is 11.6 Å². The van der Waals surface area contributed by atoms with Crippen molar-refractivity contribution in [3.8, 4) is 5.88 Å². The summed E-state index contributed by atoms with van der Waals surface area (Å²) in [6.07, 6.45) is 5.69. The summed E-state index contributed by atoms with van der Waals surface area (Å²) in [5, 5.41) is 6.07. The van der Waals surface area contributed by atoms with Crippen LogP contribution < -0.4 is 15.0 Å². The molecule has 1 atom stereocenters. The highest BCUT2D eigenvalue weighted by Gasteiger charge is 2.22. The smallest absolute Gasteiger partial charge is 0.256 e. The van der Waals surface area contributed by atoms with Crippen molar-refractivity contribution in [3.05, 3.63) is 35.5 Å². The molecule has 2 aromatic rings. The van der Waals surface area contributed by atoms with Gasteiger partial charge in [0.2, 0.25) is 5.88 Å². The van der Waals surface area contributed by atoms with E-state index in [0.717, 1.165) is 31.1 Å². The molecule has 6 nitrogen and oxygen atoms in total. The Morgan fingerprint density at radius 3 is 3.17 bits per heavy atom. The Balaban J connectivity index is 1.56. The van der Waals surface area contributed by atoms with E-state index < -0.39 is 0 Å². The monoisotopic (exact) mass is 332 g/mol. The van der Waals surface area contributed by atoms with Crippen LogP contribution in [0, 0.1) is 5.92 Å². The minimum Gasteiger partial charge on any atom is -0.480 e. The van der Waals surface area contributed by atoms with Gasteiger partial charge in [-0.05, 0) is 30.9 Å². The molecule has 0 radical (unpaired) electrons. The van der Waals surface area contributed by atoms with Crippen molar-refractivity contribution in [2.45, 2.75) is 12.8 Å². The summed E-state index contributed by atoms with van der Waals surface area (Å²) in [5.41, 5.74) is 0.475. The summed E-state index contributed by atoms with van der Waals surface area (Å²) in [5.74, 6) is 0.652. The van der Waals surface area contributed by atoms with E-state index in [4.69, 9.17) is 4.74 Å². The first-order chi connectivity index (χ1) is 11.3. The molecule has 0 aromatic carbocycles. The minimum atomic E-state index is -0.138. The minimum absolute atomic E-state index is 0.138. The number of anilines is 1. The average molecular weight is 332 g/mol. The van der Waals surface area contributed by atoms with Gasteiger partial charge in [-0.1, -0.05) is 0 Å². The number of amides is 1. The van der Waals surface area contributed by atoms with Gasteiger partial charge < -0.3 is 15.0 Å². The number of aromatic nitrogens is 2. The zero-order valence-corrected chi connectivity index (χ0v) is 13.9. The maximum absolute atomic E-state index is 12.3. The highest BCUT2D eigenvalue weighted by atomic mass is 32.1. The van der Waals surface area contributed by atoms with E-state index in [2.05, 4.69) is 20.2 Å². The zero-order chi connectivity index (χ0) is 16.1. The summed E-state index contributed by atoms with van der Waals surface area (Å²) >= 11 is 1.66. The molecule has 2 aromatic heterocycles. The molecule has 1 aliphatic rings. The molecule has 3 heterocycles. The number of carbonyl (C=O) groups excluding carboxylic acids is 1. The number of methoxy groups -OCH3 is 1. The van der Waals surface area contributed by atoms with Crippen molar-refractivity contribution in [3.63, 3.8) is 0 Å². The van der Waals surface area contributed by atoms with E-state index in [1.165, 1.54) is 7.11 Å². The molecule has 0 bridgehead atoms. The second-order valence-corrected chi connectivity index (χ2v) is 6.41. The van der Waals surface area contributed by atoms with Crippen molar-refractivity contribution in [1.29, 1.82) is 0 Å². The van der Waals surface area contributed by atoms with Gasteiger partial charge in [-0.25, -0.2) is 9.97 Å². The summed E-state index contributed by atoms with van der Waals surface area (Å²) in [4.78, 5) is 23.1. The van der Waals surface area contributed by atoms with E-state index in [1.54, 1.807) is 29.7 Å². The van der Waals surface area contributed by atoms with Crippen molar-refractivity contribution >= 4 is 22.4 Å². The zero-order valence-electron chi connectivity index (χ0n) is 13.1. The van der Waals surface area contributed by atoms with Crippen molar-refractivity contribution in [1.82, 2.24) is 15.3 Å². The second-order valence-electron chi connectivity index (χ2n) is 5.54. The lowest BCUT2D eigenvalue weighted by molar-refractivity contribution is 0.0942. The molecule has 1 amide bonds. The number of hydrogen-bond donors (Lipinski definition) is 1. The fourth-order valence-electron chi connectivity index (χ4n) is 2.84. The molecule has 23 heavy (non-hydrogen) atoms. The summed E-state index contributed by atoms with van der Waals surface area (Å²) in [6.45, 7) is 2.62. The molecule has 1 fully saturated rings. The number of piperidine rings is 1. The maximum atomic E-state index is 12.3. The third-order valence-electron chi connectivity index (χ3n) is 3.97. The number of nitrogens with zero attached hydrogens (tertiary/aromatic N) is 3. The highest BCUT2D eigenvalue weighted by molar-refractivity contribution is 7.13. The second kappa shape index (κ2) is 7.41. The Bertz CT molecular complexity index is 647. The van der Waals surface area contributed by atoms with Gasteiger partial charge in [0.05, 0.1) is 7.11 Å². The third kappa shape index (κ3) is 3.79. The fraction of sp³-hybridized carbons (Fsp3) is 0.438. The first kappa shape index (κ1) is 15.7. The number of carbonyl (C=O) groups is 1. The van der Waals surface area contributed by atoms with E-state index in [-0.39, 0.29) is 5.91 Å². The SMILES string of the molecule is COc1ncccc1C(=O)NCC1CCCN(c2nccs2)C1. The lowest BCUT2D eigenvalue weighted by Gasteiger charge is -2.32. The molecule has 1 aliphatic heterocycles. The summed E-state index contributed by atoms with van der Waals surface area (Å²) < 4.78 is 5.14. The van der Waals surface area contributed by atoms with Crippen LogP contribution in [-0.2, 0) is 0 Å². The van der Waals surface area contributed by atoms with Crippen LogP contribution in [0.25, 0.3) is 0 Å². The molecular formula is C16H20N4O2S. The molecule has 1 N–H and O–H groups in total. The lowest BCUT2D eigenvalue weighted by Crippen LogP contribution is -2.41. The molecule has 7 heteroatoms. The molecule has 0 aliphatic carbocycles. The van der Waals surface area contributed by atoms with Crippen molar-refractivity contribution in [2.24, 2.45) is 5.92 Å². The quantitative estimate of drug-likeness (QED) is 0.909. The molecule has 122 valence electrons. The van der Waals surface area contributed by atoms with Gasteiger partial charge in [-0.15, -0.1) is 11.3 Å². The number of ether oxygens (including phenoxy) is 1. The summed E-state index contributed by atoms with van der Waals surface area (Å²) in [7, 11) is 1.52. The van der Waals surface area contributed by atoms with Gasteiger partial charge in [0, 0.05) is 37.4 Å². The van der Waals surface area contributed by atoms with E-state index >= 15 is 0 Å². The molecule has 0 saturated carbocycles. The Labute approximate surface area is 139 Å². The van der Waals surface area contributed by atoms with Crippen LogP contribution in [0.3, 0.4) is 0 Å². The largest absolute Gasteiger partial charge is 0.480 e. The lowest BCUT2D eigenvalue weighted by atomic mass is 9.98. The number of thiazole rings is 1. The van der Waals surface area contributed by atoms with Crippen LogP contribution in [0.2, 0.25) is 0 Å². The Hall–Kier alpha value is -2.15. The van der Waals surface area contributed by atoms with Gasteiger partial charge in [-0.3, -0.25) is 4.79 Å². The normalized spacial score (nSPS) is 17.8. The molecule has 3 rings (SSSR count). The van der Waals surface area contributed by atoms with Gasteiger partial charge in [0.25, 0.3) is 5.91 Å². The first-order valence-corrected chi connectivity index (χ1v) is 8.57. The predicted molar refractivity (Wildman–Crippen MR) is 90.2 cm³/mol. The Kier molecular flexibility index (Phi) is 5.07. The third-order valence-corrected chi connectivity index (χ3v) is 4.80. The van der Waals surface area contributed by atoms with Crippen LogP contribution in [0.4, 0.5) is 5.13 Å². The number of nitrogens with one attached hydrogen (secondary N) is 1. The number of pyridine rings is 1. The topological polar surface area (TPSA) is 67.3 Å². The van der Waals surface area contributed by atoms with Gasteiger partial charge in [0.1, 0.15) is 5.56 Å². The van der Waals surface area contributed by atoms with Crippen molar-refractivity contribution < 1.29 is 9.53 Å². The molecule has 1 unspecified atom stereocenters. The van der Waals surface area contributed by atoms with Crippen LogP contribution in [-0.4, -0.2) is 42.6 Å². The molecule has 1 saturated heterocycles. The van der Waals surface area contributed by atoms with Gasteiger partial charge in [-0.2, -0.15) is 0 Å². The van der Waals surface area contributed by atoms with Gasteiger partial charge in [0.15, 0.2) is 5.13 Å². The number of hydrogen-bond acceptors (Lipinski definition) is 6. The van der Waals surface area contributed by atoms with E-state index in [0.29, 0.717) is 23.9 Å². The van der Waals surface area contributed by atoms with Gasteiger partial charge >= 0.3 is 0 Å². The maximum Gasteiger partial charge on any atom is 0.256 e. The van der Waals surface area contributed by atoms with Crippen LogP contribution in [0.5, 0.6) is 5.88 Å². The highest BCUT2D eigenvalue weighted by Crippen LogP contribution is 2.24. The fourth-order valence-corrected chi connectivity index (χ4v) is 3.52. The first-order valence-electron chi connectivity index (χ1n) is 7.69. The van der Waals surface area contributed by atoms with Crippen LogP contribution in [0.15, 0.2) is 29.9 Å². The van der Waals surface area contributed by atoms with Crippen LogP contribution in [0.1, 0.15) is 23.2 Å². The molecule has 0 spiro atoms. The summed E-state index contributed by atoms with van der Waals surface area (Å²) in [6, 6.07) is 3.46. The van der Waals surface area contributed by atoms with Crippen LogP contribution >= 0.6 is 11.3 Å². The Morgan fingerprint density at radius 1 is 1.48 bits per heavy atom. The predicted octanol–water partition coefficient (Wildman–Crippen LogP) is 2.19. The number of rotatable bonds is 5. The standard InChI is InChI=1S/C16H20N4O2S/c1-22-15-13(5-2-6-17-15)14(21)19-10-12-4-3-8-20(11-12)16-18-7-9-23-16/h2,5-7,9,12H,3-4,8,10-11H2,1H3,(H,19,21). The van der Waals surface area contributed by atoms with Crippen molar-refractivity contribution in [2.75, 3.05) is 31.6 Å².